The molecule has 7 heteroatoms. The Morgan fingerprint density at radius 3 is 2.62 bits per heavy atom. The fraction of sp³-hybridized carbons (Fsp3) is 0.706. The molecule has 132 valence electrons. The van der Waals surface area contributed by atoms with Crippen molar-refractivity contribution in [2.75, 3.05) is 32.8 Å². The molecule has 0 bridgehead atoms. The molecule has 3 heterocycles. The maximum absolute atomic E-state index is 12.6. The van der Waals surface area contributed by atoms with Crippen molar-refractivity contribution in [3.63, 3.8) is 0 Å². The van der Waals surface area contributed by atoms with Crippen LogP contribution in [0.5, 0.6) is 5.88 Å². The summed E-state index contributed by atoms with van der Waals surface area (Å²) in [4.78, 5) is 28.3. The van der Waals surface area contributed by atoms with Gasteiger partial charge in [-0.2, -0.15) is 5.10 Å². The minimum absolute atomic E-state index is 0.00604. The number of carbonyl (C=O) groups excluding carboxylic acids is 2. The van der Waals surface area contributed by atoms with Crippen LogP contribution in [-0.2, 0) is 11.8 Å². The number of amides is 2. The molecule has 1 aromatic heterocycles. The molecule has 2 saturated heterocycles. The first-order valence-electron chi connectivity index (χ1n) is 8.78. The molecule has 24 heavy (non-hydrogen) atoms. The second kappa shape index (κ2) is 7.23. The van der Waals surface area contributed by atoms with Gasteiger partial charge in [0.1, 0.15) is 0 Å². The lowest BCUT2D eigenvalue weighted by Crippen LogP contribution is -2.39. The van der Waals surface area contributed by atoms with Gasteiger partial charge in [-0.15, -0.1) is 0 Å². The van der Waals surface area contributed by atoms with Crippen LogP contribution in [-0.4, -0.2) is 64.2 Å². The van der Waals surface area contributed by atoms with Crippen LogP contribution in [0.15, 0.2) is 6.07 Å². The summed E-state index contributed by atoms with van der Waals surface area (Å²) in [5, 5.41) is 4.26. The molecule has 2 aliphatic heterocycles. The van der Waals surface area contributed by atoms with Gasteiger partial charge in [0, 0.05) is 39.3 Å². The average molecular weight is 334 g/mol. The van der Waals surface area contributed by atoms with E-state index in [1.165, 1.54) is 11.1 Å². The monoisotopic (exact) mass is 334 g/mol. The number of aryl methyl sites for hydroxylation is 1. The van der Waals surface area contributed by atoms with Crippen LogP contribution < -0.4 is 4.74 Å². The van der Waals surface area contributed by atoms with Crippen LogP contribution in [0.4, 0.5) is 0 Å². The normalized spacial score (nSPS) is 21.2. The van der Waals surface area contributed by atoms with E-state index >= 15 is 0 Å². The van der Waals surface area contributed by atoms with E-state index in [-0.39, 0.29) is 18.4 Å². The molecule has 1 atom stereocenters. The maximum Gasteiger partial charge on any atom is 0.274 e. The summed E-state index contributed by atoms with van der Waals surface area (Å²) in [5.74, 6) is 0.917. The third-order valence-corrected chi connectivity index (χ3v) is 4.80. The number of hydrogen-bond donors (Lipinski definition) is 0. The van der Waals surface area contributed by atoms with Crippen molar-refractivity contribution in [3.8, 4) is 5.88 Å². The molecule has 0 aromatic carbocycles. The van der Waals surface area contributed by atoms with Gasteiger partial charge >= 0.3 is 0 Å². The van der Waals surface area contributed by atoms with E-state index in [0.29, 0.717) is 17.5 Å². The molecular formula is C17H26N4O3. The number of hydrogen-bond acceptors (Lipinski definition) is 4. The second-order valence-electron chi connectivity index (χ2n) is 6.87. The lowest BCUT2D eigenvalue weighted by Gasteiger charge is -2.30. The Morgan fingerprint density at radius 1 is 1.21 bits per heavy atom. The van der Waals surface area contributed by atoms with Crippen LogP contribution in [0.2, 0.25) is 0 Å². The van der Waals surface area contributed by atoms with Crippen molar-refractivity contribution in [1.82, 2.24) is 19.6 Å². The third kappa shape index (κ3) is 3.71. The summed E-state index contributed by atoms with van der Waals surface area (Å²) in [6.07, 6.45) is 4.32. The van der Waals surface area contributed by atoms with E-state index in [4.69, 9.17) is 4.74 Å². The standard InChI is InChI=1S/C17H26N4O3/c1-13-6-5-9-21(11-13)17(23)14-10-16(19(2)18-14)24-12-15(22)20-7-3-4-8-20/h10,13H,3-9,11-12H2,1-2H3. The minimum atomic E-state index is -0.0575. The number of ether oxygens (including phenoxy) is 1. The Balaban J connectivity index is 1.59. The zero-order chi connectivity index (χ0) is 17.1. The highest BCUT2D eigenvalue weighted by molar-refractivity contribution is 5.92. The van der Waals surface area contributed by atoms with Crippen molar-refractivity contribution < 1.29 is 14.3 Å². The second-order valence-corrected chi connectivity index (χ2v) is 6.87. The van der Waals surface area contributed by atoms with Gasteiger partial charge in [-0.25, -0.2) is 4.68 Å². The van der Waals surface area contributed by atoms with Crippen LogP contribution in [0.1, 0.15) is 43.1 Å². The van der Waals surface area contributed by atoms with E-state index in [0.717, 1.165) is 45.4 Å². The van der Waals surface area contributed by atoms with Crippen LogP contribution in [0, 0.1) is 5.92 Å². The SMILES string of the molecule is CC1CCCN(C(=O)c2cc(OCC(=O)N3CCCC3)n(C)n2)C1. The number of piperidine rings is 1. The number of carbonyl (C=O) groups is 2. The molecule has 1 aromatic rings. The van der Waals surface area contributed by atoms with Gasteiger partial charge in [0.25, 0.3) is 11.8 Å². The van der Waals surface area contributed by atoms with E-state index < -0.39 is 0 Å². The molecule has 7 nitrogen and oxygen atoms in total. The predicted octanol–water partition coefficient (Wildman–Crippen LogP) is 1.29. The molecular weight excluding hydrogens is 308 g/mol. The first kappa shape index (κ1) is 16.8. The first-order chi connectivity index (χ1) is 11.5. The molecule has 3 rings (SSSR count). The first-order valence-corrected chi connectivity index (χ1v) is 8.78. The Morgan fingerprint density at radius 2 is 1.92 bits per heavy atom. The largest absolute Gasteiger partial charge is 0.468 e. The van der Waals surface area contributed by atoms with Gasteiger partial charge in [0.05, 0.1) is 0 Å². The van der Waals surface area contributed by atoms with Crippen LogP contribution in [0.3, 0.4) is 0 Å². The van der Waals surface area contributed by atoms with Crippen molar-refractivity contribution in [3.05, 3.63) is 11.8 Å². The average Bonchev–Trinajstić information content (AvgIpc) is 3.22. The van der Waals surface area contributed by atoms with Crippen molar-refractivity contribution >= 4 is 11.8 Å². The highest BCUT2D eigenvalue weighted by atomic mass is 16.5. The van der Waals surface area contributed by atoms with Crippen LogP contribution >= 0.6 is 0 Å². The number of aromatic nitrogens is 2. The maximum atomic E-state index is 12.6. The smallest absolute Gasteiger partial charge is 0.274 e. The summed E-state index contributed by atoms with van der Waals surface area (Å²) in [5.41, 5.74) is 0.384. The van der Waals surface area contributed by atoms with Gasteiger partial charge in [0.15, 0.2) is 12.3 Å². The molecule has 0 radical (unpaired) electrons. The predicted molar refractivity (Wildman–Crippen MR) is 88.8 cm³/mol. The van der Waals surface area contributed by atoms with E-state index in [9.17, 15) is 9.59 Å². The molecule has 0 N–H and O–H groups in total. The topological polar surface area (TPSA) is 67.7 Å². The highest BCUT2D eigenvalue weighted by Gasteiger charge is 2.25. The molecule has 2 aliphatic rings. The summed E-state index contributed by atoms with van der Waals surface area (Å²) < 4.78 is 7.11. The Kier molecular flexibility index (Phi) is 5.06. The van der Waals surface area contributed by atoms with Crippen LogP contribution in [0.25, 0.3) is 0 Å². The molecule has 0 spiro atoms. The number of nitrogens with zero attached hydrogens (tertiary/aromatic N) is 4. The van der Waals surface area contributed by atoms with E-state index in [1.54, 1.807) is 13.1 Å². The Hall–Kier alpha value is -2.05. The minimum Gasteiger partial charge on any atom is -0.468 e. The summed E-state index contributed by atoms with van der Waals surface area (Å²) >= 11 is 0. The lowest BCUT2D eigenvalue weighted by atomic mass is 10.0. The van der Waals surface area contributed by atoms with E-state index in [2.05, 4.69) is 12.0 Å². The third-order valence-electron chi connectivity index (χ3n) is 4.80. The summed E-state index contributed by atoms with van der Waals surface area (Å²) in [6.45, 7) is 5.33. The number of likely N-dealkylation sites (tertiary alicyclic amines) is 2. The van der Waals surface area contributed by atoms with Crippen molar-refractivity contribution in [1.29, 1.82) is 0 Å². The van der Waals surface area contributed by atoms with Crippen molar-refractivity contribution in [2.45, 2.75) is 32.6 Å². The Bertz CT molecular complexity index is 607. The van der Waals surface area contributed by atoms with E-state index in [1.807, 2.05) is 9.80 Å². The molecule has 0 aliphatic carbocycles. The molecule has 2 amide bonds. The molecule has 2 fully saturated rings. The zero-order valence-corrected chi connectivity index (χ0v) is 14.5. The molecule has 1 unspecified atom stereocenters. The molecule has 0 saturated carbocycles. The quantitative estimate of drug-likeness (QED) is 0.832. The lowest BCUT2D eigenvalue weighted by molar-refractivity contribution is -0.132. The van der Waals surface area contributed by atoms with Gasteiger partial charge < -0.3 is 14.5 Å². The summed E-state index contributed by atoms with van der Waals surface area (Å²) in [7, 11) is 1.73. The zero-order valence-electron chi connectivity index (χ0n) is 14.5. The van der Waals surface area contributed by atoms with Gasteiger partial charge in [-0.1, -0.05) is 6.92 Å². The van der Waals surface area contributed by atoms with Gasteiger partial charge in [-0.3, -0.25) is 9.59 Å². The summed E-state index contributed by atoms with van der Waals surface area (Å²) in [6, 6.07) is 1.64. The fourth-order valence-corrected chi connectivity index (χ4v) is 3.42. The van der Waals surface area contributed by atoms with Gasteiger partial charge in [0.2, 0.25) is 5.88 Å². The Labute approximate surface area is 142 Å². The van der Waals surface area contributed by atoms with Crippen molar-refractivity contribution in [2.24, 2.45) is 13.0 Å². The highest BCUT2D eigenvalue weighted by Crippen LogP contribution is 2.20. The van der Waals surface area contributed by atoms with Gasteiger partial charge in [-0.05, 0) is 31.6 Å². The number of rotatable bonds is 4. The fourth-order valence-electron chi connectivity index (χ4n) is 3.42.